The minimum absolute atomic E-state index is 0.175. The second-order valence-electron chi connectivity index (χ2n) is 7.30. The van der Waals surface area contributed by atoms with E-state index in [-0.39, 0.29) is 6.10 Å². The van der Waals surface area contributed by atoms with Gasteiger partial charge in [0.2, 0.25) is 0 Å². The summed E-state index contributed by atoms with van der Waals surface area (Å²) in [6.45, 7) is 7.47. The van der Waals surface area contributed by atoms with Crippen LogP contribution in [0.1, 0.15) is 30.0 Å². The summed E-state index contributed by atoms with van der Waals surface area (Å²) < 4.78 is 14.4. The van der Waals surface area contributed by atoms with Crippen molar-refractivity contribution in [3.05, 3.63) is 89.7 Å². The van der Waals surface area contributed by atoms with E-state index in [1.165, 1.54) is 5.56 Å². The molecule has 4 heteroatoms. The zero-order valence-corrected chi connectivity index (χ0v) is 17.1. The Kier molecular flexibility index (Phi) is 5.52. The van der Waals surface area contributed by atoms with Crippen LogP contribution in [0.25, 0.3) is 11.0 Å². The Labute approximate surface area is 171 Å². The van der Waals surface area contributed by atoms with Gasteiger partial charge in [-0.2, -0.15) is 0 Å². The molecule has 0 N–H and O–H groups in total. The standard InChI is InChI=1S/C25H26N2O2/c1-18-13-14-24(19(2)17-18)28-16-15-27-23-12-8-7-11-22(23)26-25(27)20(3)29-21-9-5-4-6-10-21/h4-14,17,20H,15-16H2,1-3H3. The molecule has 1 aromatic heterocycles. The van der Waals surface area contributed by atoms with Gasteiger partial charge in [0, 0.05) is 0 Å². The van der Waals surface area contributed by atoms with Crippen molar-refractivity contribution in [3.8, 4) is 11.5 Å². The van der Waals surface area contributed by atoms with Gasteiger partial charge in [-0.15, -0.1) is 0 Å². The van der Waals surface area contributed by atoms with Crippen molar-refractivity contribution >= 4 is 11.0 Å². The fraction of sp³-hybridized carbons (Fsp3) is 0.240. The molecule has 3 aromatic carbocycles. The normalized spacial score (nSPS) is 12.1. The summed E-state index contributed by atoms with van der Waals surface area (Å²) in [4.78, 5) is 4.85. The van der Waals surface area contributed by atoms with Crippen molar-refractivity contribution in [2.75, 3.05) is 6.61 Å². The molecule has 0 saturated heterocycles. The van der Waals surface area contributed by atoms with Gasteiger partial charge in [-0.05, 0) is 56.7 Å². The lowest BCUT2D eigenvalue weighted by Crippen LogP contribution is -2.16. The van der Waals surface area contributed by atoms with Crippen molar-refractivity contribution in [2.24, 2.45) is 0 Å². The molecule has 0 aliphatic heterocycles. The summed E-state index contributed by atoms with van der Waals surface area (Å²) in [5, 5.41) is 0. The van der Waals surface area contributed by atoms with Crippen LogP contribution in [-0.2, 0) is 6.54 Å². The largest absolute Gasteiger partial charge is 0.491 e. The molecular formula is C25H26N2O2. The number of para-hydroxylation sites is 3. The Morgan fingerprint density at radius 1 is 0.931 bits per heavy atom. The van der Waals surface area contributed by atoms with Gasteiger partial charge in [-0.1, -0.05) is 48.0 Å². The molecule has 0 amide bonds. The first-order valence-electron chi connectivity index (χ1n) is 9.99. The van der Waals surface area contributed by atoms with E-state index in [0.29, 0.717) is 13.2 Å². The summed E-state index contributed by atoms with van der Waals surface area (Å²) in [5.74, 6) is 2.67. The van der Waals surface area contributed by atoms with Crippen molar-refractivity contribution < 1.29 is 9.47 Å². The third-order valence-electron chi connectivity index (χ3n) is 5.01. The highest BCUT2D eigenvalue weighted by Crippen LogP contribution is 2.25. The third-order valence-corrected chi connectivity index (χ3v) is 5.01. The molecular weight excluding hydrogens is 360 g/mol. The number of hydrogen-bond acceptors (Lipinski definition) is 3. The second kappa shape index (κ2) is 8.39. The van der Waals surface area contributed by atoms with Gasteiger partial charge >= 0.3 is 0 Å². The zero-order valence-electron chi connectivity index (χ0n) is 17.1. The summed E-state index contributed by atoms with van der Waals surface area (Å²) in [6.07, 6.45) is -0.175. The van der Waals surface area contributed by atoms with E-state index in [1.54, 1.807) is 0 Å². The maximum atomic E-state index is 6.14. The molecule has 0 saturated carbocycles. The summed E-state index contributed by atoms with van der Waals surface area (Å²) >= 11 is 0. The third kappa shape index (κ3) is 4.27. The first-order chi connectivity index (χ1) is 14.1. The number of rotatable bonds is 7. The number of hydrogen-bond donors (Lipinski definition) is 0. The summed E-state index contributed by atoms with van der Waals surface area (Å²) in [6, 6.07) is 24.3. The van der Waals surface area contributed by atoms with Gasteiger partial charge < -0.3 is 14.0 Å². The van der Waals surface area contributed by atoms with Crippen LogP contribution >= 0.6 is 0 Å². The van der Waals surface area contributed by atoms with Crippen LogP contribution in [0.3, 0.4) is 0 Å². The topological polar surface area (TPSA) is 36.3 Å². The first kappa shape index (κ1) is 19.1. The zero-order chi connectivity index (χ0) is 20.2. The van der Waals surface area contributed by atoms with Crippen LogP contribution in [0.15, 0.2) is 72.8 Å². The maximum Gasteiger partial charge on any atom is 0.153 e. The molecule has 148 valence electrons. The minimum atomic E-state index is -0.175. The van der Waals surface area contributed by atoms with Crippen LogP contribution in [0.2, 0.25) is 0 Å². The Balaban J connectivity index is 1.56. The van der Waals surface area contributed by atoms with Crippen molar-refractivity contribution in [1.82, 2.24) is 9.55 Å². The Bertz CT molecular complexity index is 1100. The van der Waals surface area contributed by atoms with E-state index in [1.807, 2.05) is 61.5 Å². The Morgan fingerprint density at radius 3 is 2.48 bits per heavy atom. The molecule has 0 radical (unpaired) electrons. The second-order valence-corrected chi connectivity index (χ2v) is 7.30. The van der Waals surface area contributed by atoms with Gasteiger partial charge in [-0.25, -0.2) is 4.98 Å². The molecule has 1 unspecified atom stereocenters. The predicted octanol–water partition coefficient (Wildman–Crippen LogP) is 5.87. The highest BCUT2D eigenvalue weighted by atomic mass is 16.5. The van der Waals surface area contributed by atoms with E-state index in [0.717, 1.165) is 33.9 Å². The van der Waals surface area contributed by atoms with Crippen LogP contribution in [0, 0.1) is 13.8 Å². The van der Waals surface area contributed by atoms with Crippen LogP contribution in [0.5, 0.6) is 11.5 Å². The fourth-order valence-electron chi connectivity index (χ4n) is 3.60. The van der Waals surface area contributed by atoms with Crippen LogP contribution in [0.4, 0.5) is 0 Å². The quantitative estimate of drug-likeness (QED) is 0.398. The number of fused-ring (bicyclic) bond motifs is 1. The van der Waals surface area contributed by atoms with Crippen molar-refractivity contribution in [2.45, 2.75) is 33.4 Å². The maximum absolute atomic E-state index is 6.14. The molecule has 4 rings (SSSR count). The number of benzene rings is 3. The molecule has 0 fully saturated rings. The molecule has 0 aliphatic rings. The van der Waals surface area contributed by atoms with E-state index in [2.05, 4.69) is 36.6 Å². The number of nitrogens with zero attached hydrogens (tertiary/aromatic N) is 2. The van der Waals surface area contributed by atoms with Crippen LogP contribution < -0.4 is 9.47 Å². The van der Waals surface area contributed by atoms with Gasteiger partial charge in [-0.3, -0.25) is 0 Å². The molecule has 1 atom stereocenters. The molecule has 0 bridgehead atoms. The van der Waals surface area contributed by atoms with E-state index < -0.39 is 0 Å². The van der Waals surface area contributed by atoms with Crippen molar-refractivity contribution in [1.29, 1.82) is 0 Å². The molecule has 0 aliphatic carbocycles. The van der Waals surface area contributed by atoms with Gasteiger partial charge in [0.15, 0.2) is 11.9 Å². The lowest BCUT2D eigenvalue weighted by Gasteiger charge is -2.17. The average Bonchev–Trinajstić information content (AvgIpc) is 3.09. The number of aromatic nitrogens is 2. The van der Waals surface area contributed by atoms with Crippen LogP contribution in [-0.4, -0.2) is 16.2 Å². The molecule has 4 nitrogen and oxygen atoms in total. The summed E-state index contributed by atoms with van der Waals surface area (Å²) in [5.41, 5.74) is 4.46. The average molecular weight is 386 g/mol. The molecule has 0 spiro atoms. The highest BCUT2D eigenvalue weighted by molar-refractivity contribution is 5.76. The molecule has 4 aromatic rings. The van der Waals surface area contributed by atoms with Gasteiger partial charge in [0.05, 0.1) is 17.6 Å². The summed E-state index contributed by atoms with van der Waals surface area (Å²) in [7, 11) is 0. The lowest BCUT2D eigenvalue weighted by molar-refractivity contribution is 0.207. The number of imidazole rings is 1. The van der Waals surface area contributed by atoms with E-state index >= 15 is 0 Å². The SMILES string of the molecule is Cc1ccc(OCCn2c(C(C)Oc3ccccc3)nc3ccccc32)c(C)c1. The number of aryl methyl sites for hydroxylation is 2. The Hall–Kier alpha value is -3.27. The highest BCUT2D eigenvalue weighted by Gasteiger charge is 2.18. The van der Waals surface area contributed by atoms with E-state index in [9.17, 15) is 0 Å². The Morgan fingerprint density at radius 2 is 1.69 bits per heavy atom. The lowest BCUT2D eigenvalue weighted by atomic mass is 10.1. The smallest absolute Gasteiger partial charge is 0.153 e. The minimum Gasteiger partial charge on any atom is -0.491 e. The monoisotopic (exact) mass is 386 g/mol. The predicted molar refractivity (Wildman–Crippen MR) is 117 cm³/mol. The molecule has 29 heavy (non-hydrogen) atoms. The van der Waals surface area contributed by atoms with Gasteiger partial charge in [0.25, 0.3) is 0 Å². The van der Waals surface area contributed by atoms with Crippen molar-refractivity contribution in [3.63, 3.8) is 0 Å². The first-order valence-corrected chi connectivity index (χ1v) is 9.99. The van der Waals surface area contributed by atoms with E-state index in [4.69, 9.17) is 14.5 Å². The fourth-order valence-corrected chi connectivity index (χ4v) is 3.60. The molecule has 1 heterocycles. The number of ether oxygens (including phenoxy) is 2. The van der Waals surface area contributed by atoms with Gasteiger partial charge in [0.1, 0.15) is 18.1 Å².